The molecular weight excluding hydrogens is 180 g/mol. The maximum Gasteiger partial charge on any atom is 0.242 e. The lowest BCUT2D eigenvalue weighted by atomic mass is 9.94. The summed E-state index contributed by atoms with van der Waals surface area (Å²) < 4.78 is 0. The van der Waals surface area contributed by atoms with Gasteiger partial charge in [-0.3, -0.25) is 9.59 Å². The molecule has 1 aliphatic rings. The summed E-state index contributed by atoms with van der Waals surface area (Å²) in [5, 5.41) is 5.49. The van der Waals surface area contributed by atoms with Crippen LogP contribution in [-0.4, -0.2) is 24.4 Å². The van der Waals surface area contributed by atoms with Crippen molar-refractivity contribution in [1.82, 2.24) is 10.6 Å². The van der Waals surface area contributed by atoms with E-state index >= 15 is 0 Å². The number of rotatable bonds is 1. The molecule has 80 valence electrons. The Bertz CT molecular complexity index is 243. The fourth-order valence-corrected chi connectivity index (χ4v) is 1.28. The molecule has 4 heteroatoms. The predicted octanol–water partition coefficient (Wildman–Crippen LogP) is 0.427. The smallest absolute Gasteiger partial charge is 0.242 e. The molecular formula is C10H18N2O2. The zero-order chi connectivity index (χ0) is 10.8. The van der Waals surface area contributed by atoms with E-state index in [1.54, 1.807) is 0 Å². The minimum absolute atomic E-state index is 0.0612. The predicted molar refractivity (Wildman–Crippen MR) is 53.6 cm³/mol. The van der Waals surface area contributed by atoms with Crippen molar-refractivity contribution in [2.24, 2.45) is 5.41 Å². The maximum atomic E-state index is 11.6. The molecule has 2 amide bonds. The van der Waals surface area contributed by atoms with Gasteiger partial charge >= 0.3 is 0 Å². The lowest BCUT2D eigenvalue weighted by Gasteiger charge is -2.26. The highest BCUT2D eigenvalue weighted by Crippen LogP contribution is 2.14. The number of piperidine rings is 1. The van der Waals surface area contributed by atoms with Gasteiger partial charge in [-0.25, -0.2) is 0 Å². The summed E-state index contributed by atoms with van der Waals surface area (Å²) in [4.78, 5) is 22.9. The molecule has 1 fully saturated rings. The normalized spacial score (nSPS) is 22.8. The van der Waals surface area contributed by atoms with Crippen molar-refractivity contribution in [2.75, 3.05) is 6.54 Å². The summed E-state index contributed by atoms with van der Waals surface area (Å²) in [5.41, 5.74) is -0.433. The Labute approximate surface area is 84.4 Å². The van der Waals surface area contributed by atoms with Crippen LogP contribution in [0, 0.1) is 5.41 Å². The van der Waals surface area contributed by atoms with Gasteiger partial charge in [0.05, 0.1) is 0 Å². The molecule has 0 saturated carbocycles. The zero-order valence-electron chi connectivity index (χ0n) is 9.02. The molecule has 0 bridgehead atoms. The Balaban J connectivity index is 2.51. The summed E-state index contributed by atoms with van der Waals surface area (Å²) in [7, 11) is 0. The van der Waals surface area contributed by atoms with Crippen LogP contribution in [0.4, 0.5) is 0 Å². The molecule has 14 heavy (non-hydrogen) atoms. The van der Waals surface area contributed by atoms with Gasteiger partial charge in [-0.15, -0.1) is 0 Å². The first-order valence-corrected chi connectivity index (χ1v) is 5.00. The zero-order valence-corrected chi connectivity index (χ0v) is 9.02. The van der Waals surface area contributed by atoms with Crippen LogP contribution in [0.5, 0.6) is 0 Å². The highest BCUT2D eigenvalue weighted by molar-refractivity contribution is 5.89. The minimum atomic E-state index is -0.433. The van der Waals surface area contributed by atoms with E-state index < -0.39 is 5.41 Å². The van der Waals surface area contributed by atoms with E-state index in [1.807, 2.05) is 20.8 Å². The number of nitrogens with one attached hydrogen (secondary N) is 2. The van der Waals surface area contributed by atoms with E-state index in [2.05, 4.69) is 10.6 Å². The van der Waals surface area contributed by atoms with Crippen molar-refractivity contribution in [1.29, 1.82) is 0 Å². The second-order valence-electron chi connectivity index (χ2n) is 4.71. The first-order chi connectivity index (χ1) is 6.41. The number of carbonyl (C=O) groups is 2. The molecule has 1 heterocycles. The second-order valence-corrected chi connectivity index (χ2v) is 4.71. The van der Waals surface area contributed by atoms with Gasteiger partial charge < -0.3 is 10.6 Å². The Morgan fingerprint density at radius 2 is 2.14 bits per heavy atom. The first-order valence-electron chi connectivity index (χ1n) is 5.00. The number of amides is 2. The van der Waals surface area contributed by atoms with Crippen LogP contribution in [0.25, 0.3) is 0 Å². The van der Waals surface area contributed by atoms with E-state index in [4.69, 9.17) is 0 Å². The summed E-state index contributed by atoms with van der Waals surface area (Å²) in [6.45, 7) is 6.23. The van der Waals surface area contributed by atoms with Gasteiger partial charge in [-0.1, -0.05) is 20.8 Å². The molecule has 0 spiro atoms. The van der Waals surface area contributed by atoms with Crippen molar-refractivity contribution >= 4 is 11.8 Å². The topological polar surface area (TPSA) is 58.2 Å². The Kier molecular flexibility index (Phi) is 3.13. The SMILES string of the molecule is CC(C)(C)C(=O)N[C@H]1CCCNC1=O. The summed E-state index contributed by atoms with van der Waals surface area (Å²) >= 11 is 0. The van der Waals surface area contributed by atoms with Gasteiger partial charge in [0.2, 0.25) is 11.8 Å². The number of carbonyl (C=O) groups excluding carboxylic acids is 2. The van der Waals surface area contributed by atoms with Crippen molar-refractivity contribution in [3.05, 3.63) is 0 Å². The van der Waals surface area contributed by atoms with Crippen LogP contribution in [0.3, 0.4) is 0 Å². The van der Waals surface area contributed by atoms with Crippen molar-refractivity contribution < 1.29 is 9.59 Å². The summed E-state index contributed by atoms with van der Waals surface area (Å²) in [5.74, 6) is -0.131. The third kappa shape index (κ3) is 2.72. The summed E-state index contributed by atoms with van der Waals surface area (Å²) in [6, 6.07) is -0.338. The summed E-state index contributed by atoms with van der Waals surface area (Å²) in [6.07, 6.45) is 1.68. The van der Waals surface area contributed by atoms with Crippen molar-refractivity contribution in [3.8, 4) is 0 Å². The van der Waals surface area contributed by atoms with E-state index in [1.165, 1.54) is 0 Å². The lowest BCUT2D eigenvalue weighted by molar-refractivity contribution is -0.134. The highest BCUT2D eigenvalue weighted by Gasteiger charge is 2.28. The van der Waals surface area contributed by atoms with Crippen LogP contribution >= 0.6 is 0 Å². The molecule has 0 radical (unpaired) electrons. The molecule has 4 nitrogen and oxygen atoms in total. The average Bonchev–Trinajstić information content (AvgIpc) is 2.07. The highest BCUT2D eigenvalue weighted by atomic mass is 16.2. The van der Waals surface area contributed by atoms with Gasteiger partial charge in [0.25, 0.3) is 0 Å². The van der Waals surface area contributed by atoms with Gasteiger partial charge in [0, 0.05) is 12.0 Å². The van der Waals surface area contributed by atoms with E-state index in [0.717, 1.165) is 19.4 Å². The molecule has 0 aromatic carbocycles. The molecule has 2 N–H and O–H groups in total. The van der Waals surface area contributed by atoms with E-state index in [-0.39, 0.29) is 17.9 Å². The monoisotopic (exact) mass is 198 g/mol. The van der Waals surface area contributed by atoms with Gasteiger partial charge in [-0.2, -0.15) is 0 Å². The van der Waals surface area contributed by atoms with Crippen molar-refractivity contribution in [2.45, 2.75) is 39.7 Å². The maximum absolute atomic E-state index is 11.6. The molecule has 0 unspecified atom stereocenters. The first kappa shape index (κ1) is 11.0. The average molecular weight is 198 g/mol. The molecule has 1 rings (SSSR count). The van der Waals surface area contributed by atoms with Crippen LogP contribution in [-0.2, 0) is 9.59 Å². The van der Waals surface area contributed by atoms with Gasteiger partial charge in [0.15, 0.2) is 0 Å². The van der Waals surface area contributed by atoms with Crippen LogP contribution in [0.2, 0.25) is 0 Å². The van der Waals surface area contributed by atoms with Crippen LogP contribution in [0.15, 0.2) is 0 Å². The largest absolute Gasteiger partial charge is 0.354 e. The van der Waals surface area contributed by atoms with E-state index in [0.29, 0.717) is 0 Å². The fraction of sp³-hybridized carbons (Fsp3) is 0.800. The Hall–Kier alpha value is -1.06. The van der Waals surface area contributed by atoms with Crippen molar-refractivity contribution in [3.63, 3.8) is 0 Å². The van der Waals surface area contributed by atoms with Crippen LogP contribution in [0.1, 0.15) is 33.6 Å². The lowest BCUT2D eigenvalue weighted by Crippen LogP contribution is -2.52. The number of hydrogen-bond acceptors (Lipinski definition) is 2. The molecule has 0 aromatic rings. The fourth-order valence-electron chi connectivity index (χ4n) is 1.28. The Morgan fingerprint density at radius 3 is 2.64 bits per heavy atom. The van der Waals surface area contributed by atoms with Gasteiger partial charge in [-0.05, 0) is 12.8 Å². The third-order valence-electron chi connectivity index (χ3n) is 2.27. The molecule has 1 atom stereocenters. The van der Waals surface area contributed by atoms with E-state index in [9.17, 15) is 9.59 Å². The molecule has 1 aliphatic heterocycles. The molecule has 1 saturated heterocycles. The Morgan fingerprint density at radius 1 is 1.50 bits per heavy atom. The number of hydrogen-bond donors (Lipinski definition) is 2. The molecule has 0 aliphatic carbocycles. The standard InChI is InChI=1S/C10H18N2O2/c1-10(2,3)9(14)12-7-5-4-6-11-8(7)13/h7H,4-6H2,1-3H3,(H,11,13)(H,12,14)/t7-/m0/s1. The minimum Gasteiger partial charge on any atom is -0.354 e. The third-order valence-corrected chi connectivity index (χ3v) is 2.27. The quantitative estimate of drug-likeness (QED) is 0.642. The second kappa shape index (κ2) is 3.98. The molecule has 0 aromatic heterocycles. The van der Waals surface area contributed by atoms with Crippen LogP contribution < -0.4 is 10.6 Å². The van der Waals surface area contributed by atoms with Gasteiger partial charge in [0.1, 0.15) is 6.04 Å².